The molecular formula is C8H20N2O2. The quantitative estimate of drug-likeness (QED) is 0.512. The second kappa shape index (κ2) is 7.49. The summed E-state index contributed by atoms with van der Waals surface area (Å²) in [4.78, 5) is 0. The molecule has 4 heteroatoms. The number of rotatable bonds is 7. The molecule has 0 heterocycles. The summed E-state index contributed by atoms with van der Waals surface area (Å²) >= 11 is 0. The van der Waals surface area contributed by atoms with Crippen LogP contribution in [0.25, 0.3) is 0 Å². The van der Waals surface area contributed by atoms with Crippen LogP contribution in [0.4, 0.5) is 0 Å². The summed E-state index contributed by atoms with van der Waals surface area (Å²) in [7, 11) is 7.46. The summed E-state index contributed by atoms with van der Waals surface area (Å²) in [5.41, 5.74) is 0. The van der Waals surface area contributed by atoms with E-state index in [1.807, 2.05) is 14.1 Å². The molecular weight excluding hydrogens is 156 g/mol. The molecule has 0 N–H and O–H groups in total. The van der Waals surface area contributed by atoms with Gasteiger partial charge in [0.25, 0.3) is 0 Å². The van der Waals surface area contributed by atoms with Crippen LogP contribution in [0.15, 0.2) is 0 Å². The molecule has 0 aromatic carbocycles. The van der Waals surface area contributed by atoms with Crippen molar-refractivity contribution in [3.8, 4) is 0 Å². The van der Waals surface area contributed by atoms with E-state index in [9.17, 15) is 0 Å². The van der Waals surface area contributed by atoms with Crippen LogP contribution in [0, 0.1) is 0 Å². The van der Waals surface area contributed by atoms with Crippen LogP contribution in [0.2, 0.25) is 0 Å². The molecule has 0 spiro atoms. The van der Waals surface area contributed by atoms with Crippen LogP contribution in [0.5, 0.6) is 0 Å². The van der Waals surface area contributed by atoms with Crippen molar-refractivity contribution in [3.63, 3.8) is 0 Å². The summed E-state index contributed by atoms with van der Waals surface area (Å²) in [6.07, 6.45) is 0. The maximum Gasteiger partial charge on any atom is 0.0603 e. The van der Waals surface area contributed by atoms with E-state index < -0.39 is 0 Å². The topological polar surface area (TPSA) is 24.9 Å². The summed E-state index contributed by atoms with van der Waals surface area (Å²) < 4.78 is 9.99. The average molecular weight is 176 g/mol. The Hall–Kier alpha value is -0.160. The third kappa shape index (κ3) is 5.49. The van der Waals surface area contributed by atoms with Gasteiger partial charge >= 0.3 is 0 Å². The van der Waals surface area contributed by atoms with Crippen LogP contribution in [0.1, 0.15) is 0 Å². The van der Waals surface area contributed by atoms with E-state index in [1.54, 1.807) is 14.2 Å². The van der Waals surface area contributed by atoms with Crippen LogP contribution >= 0.6 is 0 Å². The number of hydrogen-bond donors (Lipinski definition) is 0. The number of ether oxygens (including phenoxy) is 2. The monoisotopic (exact) mass is 176 g/mol. The van der Waals surface area contributed by atoms with Crippen LogP contribution in [0.3, 0.4) is 0 Å². The smallest absolute Gasteiger partial charge is 0.0603 e. The van der Waals surface area contributed by atoms with Gasteiger partial charge in [-0.2, -0.15) is 0 Å². The fourth-order valence-corrected chi connectivity index (χ4v) is 0.905. The van der Waals surface area contributed by atoms with Crippen molar-refractivity contribution in [2.75, 3.05) is 54.6 Å². The lowest BCUT2D eigenvalue weighted by molar-refractivity contribution is -0.0140. The van der Waals surface area contributed by atoms with E-state index >= 15 is 0 Å². The van der Waals surface area contributed by atoms with Gasteiger partial charge < -0.3 is 9.47 Å². The first-order valence-corrected chi connectivity index (χ1v) is 4.12. The van der Waals surface area contributed by atoms with Crippen LogP contribution < -0.4 is 0 Å². The molecule has 0 radical (unpaired) electrons. The van der Waals surface area contributed by atoms with Gasteiger partial charge in [0.15, 0.2) is 0 Å². The Morgan fingerprint density at radius 3 is 1.58 bits per heavy atom. The molecule has 12 heavy (non-hydrogen) atoms. The van der Waals surface area contributed by atoms with Crippen molar-refractivity contribution in [2.45, 2.75) is 0 Å². The van der Waals surface area contributed by atoms with Gasteiger partial charge in [-0.15, -0.1) is 0 Å². The van der Waals surface area contributed by atoms with E-state index in [4.69, 9.17) is 9.47 Å². The number of hydrogen-bond acceptors (Lipinski definition) is 4. The van der Waals surface area contributed by atoms with E-state index in [-0.39, 0.29) is 0 Å². The van der Waals surface area contributed by atoms with Gasteiger partial charge in [-0.1, -0.05) is 0 Å². The highest BCUT2D eigenvalue weighted by Crippen LogP contribution is 1.90. The normalized spacial score (nSPS) is 11.5. The lowest BCUT2D eigenvalue weighted by Gasteiger charge is -2.28. The molecule has 0 amide bonds. The van der Waals surface area contributed by atoms with Gasteiger partial charge in [0.2, 0.25) is 0 Å². The van der Waals surface area contributed by atoms with Gasteiger partial charge in [-0.3, -0.25) is 0 Å². The maximum atomic E-state index is 4.99. The van der Waals surface area contributed by atoms with Crippen molar-refractivity contribution in [3.05, 3.63) is 0 Å². The number of hydrazine groups is 1. The Bertz CT molecular complexity index is 91.1. The maximum absolute atomic E-state index is 4.99. The lowest BCUT2D eigenvalue weighted by Crippen LogP contribution is -2.41. The first-order chi connectivity index (χ1) is 5.72. The first kappa shape index (κ1) is 11.8. The highest BCUT2D eigenvalue weighted by atomic mass is 16.5. The Morgan fingerprint density at radius 1 is 0.917 bits per heavy atom. The minimum absolute atomic E-state index is 0.752. The molecule has 0 unspecified atom stereocenters. The van der Waals surface area contributed by atoms with Crippen molar-refractivity contribution in [1.82, 2.24) is 10.0 Å². The predicted molar refractivity (Wildman–Crippen MR) is 49.0 cm³/mol. The van der Waals surface area contributed by atoms with Crippen LogP contribution in [-0.4, -0.2) is 64.6 Å². The highest BCUT2D eigenvalue weighted by Gasteiger charge is 2.05. The molecule has 0 aliphatic carbocycles. The second-order valence-corrected chi connectivity index (χ2v) is 2.79. The second-order valence-electron chi connectivity index (χ2n) is 2.79. The molecule has 0 fully saturated rings. The number of methoxy groups -OCH3 is 2. The standard InChI is InChI=1S/C8H20N2O2/c1-9(2)10(5-7-11-3)6-8-12-4/h5-8H2,1-4H3. The third-order valence-electron chi connectivity index (χ3n) is 1.67. The van der Waals surface area contributed by atoms with Gasteiger partial charge in [0.1, 0.15) is 0 Å². The molecule has 0 atom stereocenters. The van der Waals surface area contributed by atoms with Gasteiger partial charge in [0, 0.05) is 41.4 Å². The van der Waals surface area contributed by atoms with Gasteiger partial charge in [-0.25, -0.2) is 10.0 Å². The molecule has 0 saturated carbocycles. The van der Waals surface area contributed by atoms with E-state index in [1.165, 1.54) is 0 Å². The van der Waals surface area contributed by atoms with Crippen molar-refractivity contribution < 1.29 is 9.47 Å². The molecule has 0 bridgehead atoms. The zero-order valence-electron chi connectivity index (χ0n) is 8.54. The van der Waals surface area contributed by atoms with E-state index in [0.29, 0.717) is 0 Å². The van der Waals surface area contributed by atoms with Crippen molar-refractivity contribution in [2.24, 2.45) is 0 Å². The molecule has 0 aromatic rings. The summed E-state index contributed by atoms with van der Waals surface area (Å²) in [6.45, 7) is 3.32. The molecule has 74 valence electrons. The van der Waals surface area contributed by atoms with E-state index in [2.05, 4.69) is 10.0 Å². The highest BCUT2D eigenvalue weighted by molar-refractivity contribution is 4.49. The van der Waals surface area contributed by atoms with Gasteiger partial charge in [-0.05, 0) is 0 Å². The fraction of sp³-hybridized carbons (Fsp3) is 1.00. The zero-order valence-corrected chi connectivity index (χ0v) is 8.54. The Morgan fingerprint density at radius 2 is 1.33 bits per heavy atom. The van der Waals surface area contributed by atoms with Gasteiger partial charge in [0.05, 0.1) is 13.2 Å². The molecule has 4 nitrogen and oxygen atoms in total. The first-order valence-electron chi connectivity index (χ1n) is 4.12. The zero-order chi connectivity index (χ0) is 9.40. The summed E-state index contributed by atoms with van der Waals surface area (Å²) in [5, 5.41) is 4.23. The van der Waals surface area contributed by atoms with Crippen molar-refractivity contribution in [1.29, 1.82) is 0 Å². The largest absolute Gasteiger partial charge is 0.383 e. The third-order valence-corrected chi connectivity index (χ3v) is 1.67. The van der Waals surface area contributed by atoms with Crippen molar-refractivity contribution >= 4 is 0 Å². The molecule has 0 rings (SSSR count). The molecule has 0 aromatic heterocycles. The Labute approximate surface area is 75.0 Å². The molecule has 0 saturated heterocycles. The average Bonchev–Trinajstić information content (AvgIpc) is 2.04. The lowest BCUT2D eigenvalue weighted by atomic mass is 10.5. The number of nitrogens with zero attached hydrogens (tertiary/aromatic N) is 2. The summed E-state index contributed by atoms with van der Waals surface area (Å²) in [5.74, 6) is 0. The predicted octanol–water partition coefficient (Wildman–Crippen LogP) is 0.0578. The van der Waals surface area contributed by atoms with E-state index in [0.717, 1.165) is 26.3 Å². The van der Waals surface area contributed by atoms with Crippen LogP contribution in [-0.2, 0) is 9.47 Å². The SMILES string of the molecule is COCCN(CCOC)N(C)C. The summed E-state index contributed by atoms with van der Waals surface area (Å²) in [6, 6.07) is 0. The Balaban J connectivity index is 3.55. The minimum atomic E-state index is 0.752. The fourth-order valence-electron chi connectivity index (χ4n) is 0.905. The molecule has 0 aliphatic rings. The molecule has 0 aliphatic heterocycles. The Kier molecular flexibility index (Phi) is 7.39. The minimum Gasteiger partial charge on any atom is -0.383 e.